The van der Waals surface area contributed by atoms with E-state index in [2.05, 4.69) is 34.4 Å². The molecule has 1 heterocycles. The normalized spacial score (nSPS) is 17.4. The van der Waals surface area contributed by atoms with Crippen LogP contribution in [0.1, 0.15) is 41.0 Å². The summed E-state index contributed by atoms with van der Waals surface area (Å²) in [4.78, 5) is 31.9. The Balaban J connectivity index is 0.00000676. The molecule has 8 nitrogen and oxygen atoms in total. The third-order valence-corrected chi connectivity index (χ3v) is 3.74. The molecule has 1 rings (SSSR count). The lowest BCUT2D eigenvalue weighted by Gasteiger charge is -2.24. The molecule has 0 bridgehead atoms. The number of hydrogen-bond acceptors (Lipinski definition) is 4. The Hall–Kier alpha value is -1.26. The van der Waals surface area contributed by atoms with Gasteiger partial charge in [-0.05, 0) is 33.1 Å². The van der Waals surface area contributed by atoms with Crippen LogP contribution in [0.25, 0.3) is 0 Å². The van der Waals surface area contributed by atoms with Gasteiger partial charge in [0.1, 0.15) is 12.1 Å². The van der Waals surface area contributed by atoms with Crippen molar-refractivity contribution in [1.82, 2.24) is 20.4 Å². The summed E-state index contributed by atoms with van der Waals surface area (Å²) in [7, 11) is 3.44. The van der Waals surface area contributed by atoms with E-state index < -0.39 is 11.7 Å². The molecule has 1 fully saturated rings. The van der Waals surface area contributed by atoms with E-state index in [0.717, 1.165) is 19.5 Å². The van der Waals surface area contributed by atoms with Crippen LogP contribution in [0.5, 0.6) is 0 Å². The summed E-state index contributed by atoms with van der Waals surface area (Å²) in [6.07, 6.45) is 0.407. The largest absolute Gasteiger partial charge is 0.444 e. The molecule has 27 heavy (non-hydrogen) atoms. The van der Waals surface area contributed by atoms with E-state index in [1.807, 2.05) is 20.8 Å². The van der Waals surface area contributed by atoms with Crippen molar-refractivity contribution in [3.05, 3.63) is 0 Å². The second kappa shape index (κ2) is 11.6. The van der Waals surface area contributed by atoms with Crippen molar-refractivity contribution >= 4 is 41.9 Å². The van der Waals surface area contributed by atoms with Gasteiger partial charge in [-0.15, -0.1) is 24.0 Å². The van der Waals surface area contributed by atoms with Crippen molar-refractivity contribution in [2.45, 2.75) is 52.7 Å². The zero-order valence-corrected chi connectivity index (χ0v) is 20.0. The summed E-state index contributed by atoms with van der Waals surface area (Å²) >= 11 is 0. The summed E-state index contributed by atoms with van der Waals surface area (Å²) < 4.78 is 5.32. The molecule has 1 aliphatic heterocycles. The summed E-state index contributed by atoms with van der Waals surface area (Å²) in [5.41, 5.74) is -0.514. The van der Waals surface area contributed by atoms with E-state index in [0.29, 0.717) is 18.4 Å². The second-order valence-corrected chi connectivity index (χ2v) is 8.28. The minimum Gasteiger partial charge on any atom is -0.444 e. The molecule has 9 heteroatoms. The van der Waals surface area contributed by atoms with E-state index in [1.54, 1.807) is 14.1 Å². The molecule has 0 spiro atoms. The molecule has 0 saturated carbocycles. The topological polar surface area (TPSA) is 86.3 Å². The second-order valence-electron chi connectivity index (χ2n) is 8.28. The average Bonchev–Trinajstić information content (AvgIpc) is 2.92. The van der Waals surface area contributed by atoms with Gasteiger partial charge in [0.15, 0.2) is 5.96 Å². The highest BCUT2D eigenvalue weighted by Crippen LogP contribution is 2.12. The fourth-order valence-electron chi connectivity index (χ4n) is 2.39. The summed E-state index contributed by atoms with van der Waals surface area (Å²) in [5.74, 6) is 1.13. The van der Waals surface area contributed by atoms with Gasteiger partial charge in [0.2, 0.25) is 5.91 Å². The Labute approximate surface area is 180 Å². The summed E-state index contributed by atoms with van der Waals surface area (Å²) in [5, 5.41) is 6.24. The highest BCUT2D eigenvalue weighted by Gasteiger charge is 2.28. The molecule has 0 aliphatic carbocycles. The molecule has 0 aromatic heterocycles. The van der Waals surface area contributed by atoms with Gasteiger partial charge in [0.05, 0.1) is 6.04 Å². The van der Waals surface area contributed by atoms with Crippen LogP contribution in [0.4, 0.5) is 4.79 Å². The van der Waals surface area contributed by atoms with Crippen molar-refractivity contribution in [1.29, 1.82) is 0 Å². The summed E-state index contributed by atoms with van der Waals surface area (Å²) in [6.45, 7) is 12.0. The molecular weight excluding hydrogens is 461 g/mol. The molecule has 158 valence electrons. The van der Waals surface area contributed by atoms with E-state index in [-0.39, 0.29) is 42.5 Å². The fraction of sp³-hybridized carbons (Fsp3) is 0.833. The smallest absolute Gasteiger partial charge is 0.407 e. The quantitative estimate of drug-likeness (QED) is 0.344. The third kappa shape index (κ3) is 10.6. The predicted molar refractivity (Wildman–Crippen MR) is 119 cm³/mol. The SMILES string of the molecule is CC(C)CNC(=NCC(=O)N(C)C)N1CCC(NC(=O)OC(C)(C)C)C1.I. The van der Waals surface area contributed by atoms with Crippen LogP contribution in [0, 0.1) is 5.92 Å². The van der Waals surface area contributed by atoms with Crippen molar-refractivity contribution in [2.75, 3.05) is 40.3 Å². The Morgan fingerprint density at radius 2 is 1.93 bits per heavy atom. The molecule has 1 aliphatic rings. The third-order valence-electron chi connectivity index (χ3n) is 3.74. The van der Waals surface area contributed by atoms with Gasteiger partial charge < -0.3 is 25.2 Å². The van der Waals surface area contributed by atoms with Gasteiger partial charge in [-0.2, -0.15) is 0 Å². The minimum atomic E-state index is -0.514. The number of hydrogen-bond donors (Lipinski definition) is 2. The summed E-state index contributed by atoms with van der Waals surface area (Å²) in [6, 6.07) is 0.000417. The van der Waals surface area contributed by atoms with Gasteiger partial charge in [-0.25, -0.2) is 9.79 Å². The van der Waals surface area contributed by atoms with E-state index in [4.69, 9.17) is 4.74 Å². The molecule has 0 aromatic carbocycles. The average molecular weight is 497 g/mol. The Morgan fingerprint density at radius 3 is 2.44 bits per heavy atom. The van der Waals surface area contributed by atoms with Crippen LogP contribution in [0.3, 0.4) is 0 Å². The van der Waals surface area contributed by atoms with Crippen LogP contribution < -0.4 is 10.6 Å². The number of carbonyl (C=O) groups is 2. The number of ether oxygens (including phenoxy) is 1. The lowest BCUT2D eigenvalue weighted by molar-refractivity contribution is -0.127. The van der Waals surface area contributed by atoms with E-state index >= 15 is 0 Å². The van der Waals surface area contributed by atoms with Crippen LogP contribution in [-0.2, 0) is 9.53 Å². The lowest BCUT2D eigenvalue weighted by atomic mass is 10.2. The van der Waals surface area contributed by atoms with Crippen molar-refractivity contribution in [2.24, 2.45) is 10.9 Å². The molecule has 1 saturated heterocycles. The van der Waals surface area contributed by atoms with Crippen LogP contribution in [0.2, 0.25) is 0 Å². The number of aliphatic imine (C=N–C) groups is 1. The number of carbonyl (C=O) groups excluding carboxylic acids is 2. The van der Waals surface area contributed by atoms with Crippen LogP contribution in [0.15, 0.2) is 4.99 Å². The minimum absolute atomic E-state index is 0. The first-order valence-electron chi connectivity index (χ1n) is 9.21. The van der Waals surface area contributed by atoms with Crippen molar-refractivity contribution in [3.63, 3.8) is 0 Å². The number of alkyl carbamates (subject to hydrolysis) is 1. The number of likely N-dealkylation sites (tertiary alicyclic amines) is 1. The number of rotatable bonds is 5. The standard InChI is InChI=1S/C18H35N5O3.HI/c1-13(2)10-19-16(20-11-15(24)22(6)7)23-9-8-14(12-23)21-17(25)26-18(3,4)5;/h13-14H,8-12H2,1-7H3,(H,19,20)(H,21,25);1H. The number of nitrogens with zero attached hydrogens (tertiary/aromatic N) is 3. The molecule has 1 atom stereocenters. The van der Waals surface area contributed by atoms with Crippen molar-refractivity contribution in [3.8, 4) is 0 Å². The maximum atomic E-state index is 11.9. The number of guanidine groups is 1. The first kappa shape index (κ1) is 25.7. The first-order valence-corrected chi connectivity index (χ1v) is 9.21. The molecule has 2 amide bonds. The molecule has 2 N–H and O–H groups in total. The van der Waals surface area contributed by atoms with Crippen molar-refractivity contribution < 1.29 is 14.3 Å². The zero-order valence-electron chi connectivity index (χ0n) is 17.7. The molecule has 0 aromatic rings. The van der Waals surface area contributed by atoms with Gasteiger partial charge in [0, 0.05) is 33.7 Å². The van der Waals surface area contributed by atoms with Gasteiger partial charge >= 0.3 is 6.09 Å². The van der Waals surface area contributed by atoms with E-state index in [1.165, 1.54) is 4.90 Å². The predicted octanol–water partition coefficient (Wildman–Crippen LogP) is 1.89. The van der Waals surface area contributed by atoms with Crippen LogP contribution >= 0.6 is 24.0 Å². The zero-order chi connectivity index (χ0) is 19.9. The highest BCUT2D eigenvalue weighted by molar-refractivity contribution is 14.0. The number of amides is 2. The monoisotopic (exact) mass is 497 g/mol. The van der Waals surface area contributed by atoms with Gasteiger partial charge in [-0.3, -0.25) is 4.79 Å². The van der Waals surface area contributed by atoms with E-state index in [9.17, 15) is 9.59 Å². The van der Waals surface area contributed by atoms with Gasteiger partial charge in [-0.1, -0.05) is 13.8 Å². The van der Waals surface area contributed by atoms with Gasteiger partial charge in [0.25, 0.3) is 0 Å². The lowest BCUT2D eigenvalue weighted by Crippen LogP contribution is -2.45. The maximum absolute atomic E-state index is 11.9. The first-order chi connectivity index (χ1) is 12.0. The molecular formula is C18H36IN5O3. The molecule has 0 radical (unpaired) electrons. The Morgan fingerprint density at radius 1 is 1.30 bits per heavy atom. The number of likely N-dealkylation sites (N-methyl/N-ethyl adjacent to an activating group) is 1. The van der Waals surface area contributed by atoms with Crippen LogP contribution in [-0.4, -0.2) is 79.7 Å². The number of nitrogens with one attached hydrogen (secondary N) is 2. The molecule has 1 unspecified atom stereocenters. The maximum Gasteiger partial charge on any atom is 0.407 e. The fourth-order valence-corrected chi connectivity index (χ4v) is 2.39. The highest BCUT2D eigenvalue weighted by atomic mass is 127. The Bertz CT molecular complexity index is 518. The number of halogens is 1. The Kier molecular flexibility index (Phi) is 11.0.